The Morgan fingerprint density at radius 3 is 2.68 bits per heavy atom. The van der Waals surface area contributed by atoms with Gasteiger partial charge in [0.1, 0.15) is 5.76 Å². The van der Waals surface area contributed by atoms with Crippen molar-refractivity contribution in [2.75, 3.05) is 0 Å². The predicted octanol–water partition coefficient (Wildman–Crippen LogP) is 4.39. The predicted molar refractivity (Wildman–Crippen MR) is 123 cm³/mol. The fraction of sp³-hybridized carbons (Fsp3) is 0.208. The molecule has 2 aromatic carbocycles. The zero-order chi connectivity index (χ0) is 22.0. The van der Waals surface area contributed by atoms with Crippen molar-refractivity contribution in [1.82, 2.24) is 14.9 Å². The number of nitrogens with zero attached hydrogens (tertiary/aromatic N) is 2. The summed E-state index contributed by atoms with van der Waals surface area (Å²) in [5.74, 6) is 0.525. The van der Waals surface area contributed by atoms with Crippen LogP contribution >= 0.6 is 11.8 Å². The number of hydrogen-bond donors (Lipinski definition) is 1. The van der Waals surface area contributed by atoms with E-state index in [-0.39, 0.29) is 11.5 Å². The highest BCUT2D eigenvalue weighted by Gasteiger charge is 2.20. The van der Waals surface area contributed by atoms with Crippen LogP contribution in [0.3, 0.4) is 0 Å². The Balaban J connectivity index is 1.70. The van der Waals surface area contributed by atoms with Crippen LogP contribution in [-0.2, 0) is 11.3 Å². The number of amides is 1. The summed E-state index contributed by atoms with van der Waals surface area (Å²) in [4.78, 5) is 30.7. The van der Waals surface area contributed by atoms with E-state index in [0.717, 1.165) is 16.8 Å². The van der Waals surface area contributed by atoms with E-state index in [0.29, 0.717) is 28.4 Å². The van der Waals surface area contributed by atoms with Crippen LogP contribution in [0.1, 0.15) is 23.8 Å². The van der Waals surface area contributed by atoms with Gasteiger partial charge in [-0.25, -0.2) is 4.98 Å². The SMILES string of the molecule is Cc1ccc(-n2c(SC(C)C(=O)NCc3ccco3)nc3ccccc3c2=O)cc1C. The van der Waals surface area contributed by atoms with Gasteiger partial charge in [-0.15, -0.1) is 0 Å². The molecule has 1 unspecified atom stereocenters. The molecular formula is C24H23N3O3S. The third kappa shape index (κ3) is 4.41. The number of benzene rings is 2. The largest absolute Gasteiger partial charge is 0.467 e. The van der Waals surface area contributed by atoms with Crippen LogP contribution in [0.2, 0.25) is 0 Å². The normalized spacial score (nSPS) is 12.1. The maximum Gasteiger partial charge on any atom is 0.266 e. The molecule has 4 aromatic rings. The summed E-state index contributed by atoms with van der Waals surface area (Å²) in [6, 6.07) is 16.7. The Bertz CT molecular complexity index is 1300. The number of fused-ring (bicyclic) bond motifs is 1. The molecule has 0 saturated carbocycles. The molecule has 1 amide bonds. The number of nitrogens with one attached hydrogen (secondary N) is 1. The van der Waals surface area contributed by atoms with Crippen molar-refractivity contribution in [3.05, 3.63) is 88.1 Å². The molecule has 0 aliphatic carbocycles. The van der Waals surface area contributed by atoms with E-state index in [1.54, 1.807) is 36.0 Å². The molecule has 7 heteroatoms. The van der Waals surface area contributed by atoms with Gasteiger partial charge >= 0.3 is 0 Å². The Hall–Kier alpha value is -3.32. The molecule has 0 aliphatic heterocycles. The first-order valence-electron chi connectivity index (χ1n) is 10.00. The first-order chi connectivity index (χ1) is 14.9. The van der Waals surface area contributed by atoms with Gasteiger partial charge in [-0.2, -0.15) is 0 Å². The lowest BCUT2D eigenvalue weighted by molar-refractivity contribution is -0.120. The third-order valence-electron chi connectivity index (χ3n) is 5.16. The van der Waals surface area contributed by atoms with Crippen molar-refractivity contribution in [3.8, 4) is 5.69 Å². The Labute approximate surface area is 184 Å². The first kappa shape index (κ1) is 20.9. The monoisotopic (exact) mass is 433 g/mol. The Morgan fingerprint density at radius 2 is 1.94 bits per heavy atom. The fourth-order valence-corrected chi connectivity index (χ4v) is 4.18. The van der Waals surface area contributed by atoms with Gasteiger partial charge in [0.2, 0.25) is 5.91 Å². The molecule has 0 bridgehead atoms. The lowest BCUT2D eigenvalue weighted by Gasteiger charge is -2.17. The van der Waals surface area contributed by atoms with Gasteiger partial charge in [-0.05, 0) is 68.3 Å². The van der Waals surface area contributed by atoms with Crippen molar-refractivity contribution >= 4 is 28.6 Å². The van der Waals surface area contributed by atoms with Crippen molar-refractivity contribution in [3.63, 3.8) is 0 Å². The summed E-state index contributed by atoms with van der Waals surface area (Å²) in [6.45, 7) is 6.15. The number of carbonyl (C=O) groups excluding carboxylic acids is 1. The van der Waals surface area contributed by atoms with E-state index in [2.05, 4.69) is 5.32 Å². The number of aryl methyl sites for hydroxylation is 2. The molecule has 4 rings (SSSR count). The molecule has 0 aliphatic rings. The summed E-state index contributed by atoms with van der Waals surface area (Å²) in [7, 11) is 0. The molecule has 0 spiro atoms. The standard InChI is InChI=1S/C24H23N3O3S/c1-15-10-11-18(13-16(15)2)27-23(29)20-8-4-5-9-21(20)26-24(27)31-17(3)22(28)25-14-19-7-6-12-30-19/h4-13,17H,14H2,1-3H3,(H,25,28). The summed E-state index contributed by atoms with van der Waals surface area (Å²) < 4.78 is 6.86. The zero-order valence-electron chi connectivity index (χ0n) is 17.6. The quantitative estimate of drug-likeness (QED) is 0.360. The molecule has 1 N–H and O–H groups in total. The second kappa shape index (κ2) is 8.81. The van der Waals surface area contributed by atoms with Gasteiger partial charge in [0, 0.05) is 0 Å². The van der Waals surface area contributed by atoms with Gasteiger partial charge in [-0.3, -0.25) is 14.2 Å². The van der Waals surface area contributed by atoms with E-state index in [9.17, 15) is 9.59 Å². The minimum absolute atomic E-state index is 0.153. The smallest absolute Gasteiger partial charge is 0.266 e. The summed E-state index contributed by atoms with van der Waals surface area (Å²) >= 11 is 1.26. The van der Waals surface area contributed by atoms with E-state index < -0.39 is 5.25 Å². The molecule has 31 heavy (non-hydrogen) atoms. The van der Waals surface area contributed by atoms with E-state index in [1.165, 1.54) is 11.8 Å². The highest BCUT2D eigenvalue weighted by molar-refractivity contribution is 8.00. The molecule has 0 fully saturated rings. The van der Waals surface area contributed by atoms with Crippen LogP contribution in [0.5, 0.6) is 0 Å². The molecule has 158 valence electrons. The summed E-state index contributed by atoms with van der Waals surface area (Å²) in [5.41, 5.74) is 3.41. The molecule has 1 atom stereocenters. The lowest BCUT2D eigenvalue weighted by Crippen LogP contribution is -2.31. The van der Waals surface area contributed by atoms with Crippen LogP contribution in [0.4, 0.5) is 0 Å². The first-order valence-corrected chi connectivity index (χ1v) is 10.9. The lowest BCUT2D eigenvalue weighted by atomic mass is 10.1. The van der Waals surface area contributed by atoms with Crippen molar-refractivity contribution in [2.45, 2.75) is 37.7 Å². The average molecular weight is 434 g/mol. The Kier molecular flexibility index (Phi) is 5.95. The van der Waals surface area contributed by atoms with Gasteiger partial charge in [0.05, 0.1) is 34.6 Å². The number of hydrogen-bond acceptors (Lipinski definition) is 5. The summed E-state index contributed by atoms with van der Waals surface area (Å²) in [5, 5.41) is 3.43. The van der Waals surface area contributed by atoms with Crippen LogP contribution in [0, 0.1) is 13.8 Å². The fourth-order valence-electron chi connectivity index (χ4n) is 3.23. The maximum absolute atomic E-state index is 13.4. The molecule has 6 nitrogen and oxygen atoms in total. The molecule has 0 radical (unpaired) electrons. The second-order valence-electron chi connectivity index (χ2n) is 7.38. The number of rotatable bonds is 6. The van der Waals surface area contributed by atoms with Gasteiger partial charge in [0.25, 0.3) is 5.56 Å². The van der Waals surface area contributed by atoms with Gasteiger partial charge < -0.3 is 9.73 Å². The van der Waals surface area contributed by atoms with Crippen LogP contribution in [0.15, 0.2) is 75.2 Å². The van der Waals surface area contributed by atoms with Crippen molar-refractivity contribution < 1.29 is 9.21 Å². The number of carbonyl (C=O) groups is 1. The number of thioether (sulfide) groups is 1. The molecule has 2 aromatic heterocycles. The number of furan rings is 1. The topological polar surface area (TPSA) is 77.1 Å². The minimum atomic E-state index is -0.458. The van der Waals surface area contributed by atoms with E-state index in [4.69, 9.17) is 9.40 Å². The van der Waals surface area contributed by atoms with Crippen molar-refractivity contribution in [1.29, 1.82) is 0 Å². The average Bonchev–Trinajstić information content (AvgIpc) is 3.28. The molecule has 2 heterocycles. The Morgan fingerprint density at radius 1 is 1.13 bits per heavy atom. The van der Waals surface area contributed by atoms with Crippen LogP contribution in [0.25, 0.3) is 16.6 Å². The third-order valence-corrected chi connectivity index (χ3v) is 6.21. The second-order valence-corrected chi connectivity index (χ2v) is 8.69. The molecular weight excluding hydrogens is 410 g/mol. The highest BCUT2D eigenvalue weighted by Crippen LogP contribution is 2.26. The number of para-hydroxylation sites is 1. The highest BCUT2D eigenvalue weighted by atomic mass is 32.2. The summed E-state index contributed by atoms with van der Waals surface area (Å²) in [6.07, 6.45) is 1.57. The zero-order valence-corrected chi connectivity index (χ0v) is 18.4. The van der Waals surface area contributed by atoms with Gasteiger partial charge in [-0.1, -0.05) is 30.0 Å². The minimum Gasteiger partial charge on any atom is -0.467 e. The number of aromatic nitrogens is 2. The van der Waals surface area contributed by atoms with Crippen molar-refractivity contribution in [2.24, 2.45) is 0 Å². The van der Waals surface area contributed by atoms with E-state index in [1.807, 2.05) is 50.2 Å². The van der Waals surface area contributed by atoms with Gasteiger partial charge in [0.15, 0.2) is 5.16 Å². The van der Waals surface area contributed by atoms with E-state index >= 15 is 0 Å². The maximum atomic E-state index is 13.4. The van der Waals surface area contributed by atoms with Crippen LogP contribution < -0.4 is 10.9 Å². The molecule has 0 saturated heterocycles. The van der Waals surface area contributed by atoms with Crippen LogP contribution in [-0.4, -0.2) is 20.7 Å².